The van der Waals surface area contributed by atoms with E-state index in [1.54, 1.807) is 4.72 Å². The third-order valence-electron chi connectivity index (χ3n) is 1.63. The lowest BCUT2D eigenvalue weighted by molar-refractivity contribution is 0.0660. The summed E-state index contributed by atoms with van der Waals surface area (Å²) in [6, 6.07) is 0.797. The highest BCUT2D eigenvalue weighted by molar-refractivity contribution is 7.90. The Hall–Kier alpha value is -1.83. The molecule has 0 saturated heterocycles. The van der Waals surface area contributed by atoms with Crippen LogP contribution in [0.1, 0.15) is 21.1 Å². The van der Waals surface area contributed by atoms with Crippen molar-refractivity contribution in [1.82, 2.24) is 4.72 Å². The molecule has 7 nitrogen and oxygen atoms in total. The van der Waals surface area contributed by atoms with E-state index in [0.717, 1.165) is 6.07 Å². The van der Waals surface area contributed by atoms with E-state index in [4.69, 9.17) is 5.11 Å². The number of hydrogen-bond acceptors (Lipinski definition) is 5. The van der Waals surface area contributed by atoms with E-state index in [-0.39, 0.29) is 0 Å². The maximum Gasteiger partial charge on any atom is 0.371 e. The van der Waals surface area contributed by atoms with Crippen LogP contribution in [-0.4, -0.2) is 25.4 Å². The van der Waals surface area contributed by atoms with Gasteiger partial charge in [-0.1, -0.05) is 0 Å². The number of carbonyl (C=O) groups is 2. The Morgan fingerprint density at radius 2 is 2.14 bits per heavy atom. The number of carboxylic acids is 1. The summed E-state index contributed by atoms with van der Waals surface area (Å²) in [4.78, 5) is 20.9. The summed E-state index contributed by atoms with van der Waals surface area (Å²) in [5, 5.41) is 8.48. The number of sulfonamides is 1. The molecule has 0 atom stereocenters. The molecule has 2 rings (SSSR count). The van der Waals surface area contributed by atoms with Gasteiger partial charge in [0.2, 0.25) is 11.5 Å². The second-order valence-electron chi connectivity index (χ2n) is 2.54. The summed E-state index contributed by atoms with van der Waals surface area (Å²) < 4.78 is 28.4. The Morgan fingerprint density at radius 3 is 2.64 bits per heavy atom. The summed E-state index contributed by atoms with van der Waals surface area (Å²) in [6.07, 6.45) is 0. The van der Waals surface area contributed by atoms with Gasteiger partial charge in [0.15, 0.2) is 0 Å². The fourth-order valence-electron chi connectivity index (χ4n) is 1.06. The van der Waals surface area contributed by atoms with Gasteiger partial charge in [-0.25, -0.2) is 17.9 Å². The fourth-order valence-corrected chi connectivity index (χ4v) is 2.15. The van der Waals surface area contributed by atoms with Crippen LogP contribution in [0.5, 0.6) is 0 Å². The van der Waals surface area contributed by atoms with Crippen LogP contribution in [0.3, 0.4) is 0 Å². The molecule has 2 N–H and O–H groups in total. The fraction of sp³-hybridized carbons (Fsp3) is 0. The lowest BCUT2D eigenvalue weighted by Gasteiger charge is -1.91. The van der Waals surface area contributed by atoms with Gasteiger partial charge in [-0.3, -0.25) is 4.79 Å². The lowest BCUT2D eigenvalue weighted by atomic mass is 10.4. The van der Waals surface area contributed by atoms with Crippen molar-refractivity contribution in [1.29, 1.82) is 0 Å². The maximum atomic E-state index is 11.1. The molecule has 0 unspecified atom stereocenters. The van der Waals surface area contributed by atoms with Crippen molar-refractivity contribution in [2.24, 2.45) is 0 Å². The molecule has 1 amide bonds. The first kappa shape index (κ1) is 8.75. The number of aromatic carboxylic acids is 1. The van der Waals surface area contributed by atoms with Gasteiger partial charge in [-0.2, -0.15) is 0 Å². The van der Waals surface area contributed by atoms with Gasteiger partial charge in [-0.15, -0.1) is 0 Å². The molecule has 74 valence electrons. The van der Waals surface area contributed by atoms with Gasteiger partial charge in [0.1, 0.15) is 4.90 Å². The molecule has 0 fully saturated rings. The van der Waals surface area contributed by atoms with Gasteiger partial charge in [0, 0.05) is 6.07 Å². The Kier molecular flexibility index (Phi) is 1.47. The molecule has 1 aliphatic heterocycles. The minimum atomic E-state index is -3.92. The Bertz CT molecular complexity index is 539. The molecular weight excluding hydrogens is 214 g/mol. The second-order valence-corrected chi connectivity index (χ2v) is 4.19. The average molecular weight is 217 g/mol. The first-order chi connectivity index (χ1) is 6.42. The van der Waals surface area contributed by atoms with Crippen molar-refractivity contribution in [3.8, 4) is 0 Å². The van der Waals surface area contributed by atoms with Crippen LogP contribution in [0.25, 0.3) is 0 Å². The zero-order valence-electron chi connectivity index (χ0n) is 6.47. The van der Waals surface area contributed by atoms with E-state index >= 15 is 0 Å². The largest absolute Gasteiger partial charge is 0.475 e. The number of nitrogens with one attached hydrogen (secondary N) is 1. The molecule has 2 heterocycles. The van der Waals surface area contributed by atoms with Crippen LogP contribution in [-0.2, 0) is 10.0 Å². The normalized spacial score (nSPS) is 17.6. The molecule has 0 spiro atoms. The molecule has 0 aliphatic carbocycles. The number of carboxylic acid groups (broad SMARTS) is 1. The Morgan fingerprint density at radius 1 is 1.50 bits per heavy atom. The highest BCUT2D eigenvalue weighted by Gasteiger charge is 2.38. The lowest BCUT2D eigenvalue weighted by Crippen LogP contribution is -2.21. The average Bonchev–Trinajstić information content (AvgIpc) is 2.53. The highest BCUT2D eigenvalue weighted by Crippen LogP contribution is 2.25. The van der Waals surface area contributed by atoms with Crippen LogP contribution in [0.2, 0.25) is 0 Å². The zero-order valence-corrected chi connectivity index (χ0v) is 7.29. The van der Waals surface area contributed by atoms with Crippen LogP contribution < -0.4 is 4.72 Å². The van der Waals surface area contributed by atoms with Crippen molar-refractivity contribution in [3.63, 3.8) is 0 Å². The van der Waals surface area contributed by atoms with Crippen LogP contribution >= 0.6 is 0 Å². The molecule has 1 aliphatic rings. The minimum absolute atomic E-state index is 0.431. The van der Waals surface area contributed by atoms with E-state index in [2.05, 4.69) is 4.42 Å². The molecule has 0 bridgehead atoms. The predicted molar refractivity (Wildman–Crippen MR) is 40.3 cm³/mol. The van der Waals surface area contributed by atoms with Gasteiger partial charge in [-0.05, 0) is 0 Å². The monoisotopic (exact) mass is 217 g/mol. The minimum Gasteiger partial charge on any atom is -0.475 e. The van der Waals surface area contributed by atoms with Gasteiger partial charge in [0.25, 0.3) is 10.0 Å². The Labute approximate surface area is 77.4 Å². The van der Waals surface area contributed by atoms with Crippen molar-refractivity contribution in [2.45, 2.75) is 4.90 Å². The highest BCUT2D eigenvalue weighted by atomic mass is 32.2. The first-order valence-corrected chi connectivity index (χ1v) is 4.84. The standard InChI is InChI=1S/C6H3NO6S/c8-5-4-3(14(11,12)7-5)1-2(13-4)6(9)10/h1H,(H,7,8)(H,9,10). The second kappa shape index (κ2) is 2.35. The first-order valence-electron chi connectivity index (χ1n) is 3.36. The number of hydrogen-bond donors (Lipinski definition) is 2. The number of carbonyl (C=O) groups excluding carboxylic acids is 1. The van der Waals surface area contributed by atoms with Crippen LogP contribution in [0, 0.1) is 0 Å². The van der Waals surface area contributed by atoms with Crippen LogP contribution in [0.4, 0.5) is 0 Å². The molecule has 1 aromatic heterocycles. The molecule has 0 radical (unpaired) electrons. The van der Waals surface area contributed by atoms with Crippen molar-refractivity contribution in [3.05, 3.63) is 17.6 Å². The third kappa shape index (κ3) is 1.01. The smallest absolute Gasteiger partial charge is 0.371 e. The quantitative estimate of drug-likeness (QED) is 0.649. The zero-order chi connectivity index (χ0) is 10.5. The molecule has 1 aromatic rings. The summed E-state index contributed by atoms with van der Waals surface area (Å²) >= 11 is 0. The molecule has 8 heteroatoms. The van der Waals surface area contributed by atoms with E-state index < -0.39 is 38.3 Å². The number of furan rings is 1. The summed E-state index contributed by atoms with van der Waals surface area (Å²) in [7, 11) is -3.92. The Balaban J connectivity index is 2.70. The van der Waals surface area contributed by atoms with Crippen molar-refractivity contribution >= 4 is 21.9 Å². The molecule has 0 saturated carbocycles. The van der Waals surface area contributed by atoms with E-state index in [0.29, 0.717) is 0 Å². The van der Waals surface area contributed by atoms with E-state index in [9.17, 15) is 18.0 Å². The van der Waals surface area contributed by atoms with Gasteiger partial charge in [0.05, 0.1) is 0 Å². The number of fused-ring (bicyclic) bond motifs is 1. The maximum absolute atomic E-state index is 11.1. The summed E-state index contributed by atoms with van der Waals surface area (Å²) in [5.74, 6) is -3.44. The molecule has 14 heavy (non-hydrogen) atoms. The third-order valence-corrected chi connectivity index (χ3v) is 2.97. The summed E-state index contributed by atoms with van der Waals surface area (Å²) in [6.45, 7) is 0. The number of rotatable bonds is 1. The van der Waals surface area contributed by atoms with E-state index in [1.165, 1.54) is 0 Å². The van der Waals surface area contributed by atoms with Gasteiger partial charge < -0.3 is 9.52 Å². The number of amides is 1. The van der Waals surface area contributed by atoms with Gasteiger partial charge >= 0.3 is 11.9 Å². The predicted octanol–water partition coefficient (Wildman–Crippen LogP) is -0.590. The van der Waals surface area contributed by atoms with Crippen molar-refractivity contribution in [2.75, 3.05) is 0 Å². The molecular formula is C6H3NO6S. The van der Waals surface area contributed by atoms with Crippen molar-refractivity contribution < 1.29 is 27.5 Å². The van der Waals surface area contributed by atoms with E-state index in [1.807, 2.05) is 0 Å². The molecule has 0 aromatic carbocycles. The van der Waals surface area contributed by atoms with Crippen LogP contribution in [0.15, 0.2) is 15.4 Å². The topological polar surface area (TPSA) is 114 Å². The summed E-state index contributed by atoms with van der Waals surface area (Å²) in [5.41, 5.74) is 0. The SMILES string of the molecule is O=C(O)c1cc2c(o1)C(=O)NS2(=O)=O.